The molecular weight excluding hydrogens is 276 g/mol. The maximum Gasteiger partial charge on any atom is 0.143 e. The van der Waals surface area contributed by atoms with E-state index >= 15 is 0 Å². The van der Waals surface area contributed by atoms with Crippen LogP contribution in [0.25, 0.3) is 0 Å². The summed E-state index contributed by atoms with van der Waals surface area (Å²) in [7, 11) is 0. The van der Waals surface area contributed by atoms with Crippen molar-refractivity contribution in [3.05, 3.63) is 65.7 Å². The van der Waals surface area contributed by atoms with E-state index < -0.39 is 0 Å². The van der Waals surface area contributed by atoms with Gasteiger partial charge in [-0.15, -0.1) is 0 Å². The summed E-state index contributed by atoms with van der Waals surface area (Å²) in [5.74, 6) is 0.908. The smallest absolute Gasteiger partial charge is 0.143 e. The van der Waals surface area contributed by atoms with Gasteiger partial charge < -0.3 is 4.74 Å². The van der Waals surface area contributed by atoms with E-state index in [1.165, 1.54) is 11.1 Å². The first-order chi connectivity index (χ1) is 8.38. The van der Waals surface area contributed by atoms with Gasteiger partial charge in [0.25, 0.3) is 0 Å². The van der Waals surface area contributed by atoms with E-state index in [1.54, 1.807) is 0 Å². The summed E-state index contributed by atoms with van der Waals surface area (Å²) in [6.45, 7) is 0. The van der Waals surface area contributed by atoms with E-state index in [4.69, 9.17) is 4.74 Å². The minimum Gasteiger partial charge on any atom is -0.482 e. The van der Waals surface area contributed by atoms with Gasteiger partial charge in [-0.1, -0.05) is 42.5 Å². The van der Waals surface area contributed by atoms with E-state index in [0.29, 0.717) is 5.52 Å². The van der Waals surface area contributed by atoms with Crippen LogP contribution in [0.2, 0.25) is 0 Å². The maximum absolute atomic E-state index is 5.34. The molecule has 0 heterocycles. The fourth-order valence-corrected chi connectivity index (χ4v) is 2.01. The molecule has 88 valence electrons. The summed E-state index contributed by atoms with van der Waals surface area (Å²) in [4.78, 5) is 0. The van der Waals surface area contributed by atoms with Crippen molar-refractivity contribution in [1.29, 1.82) is 0 Å². The highest BCUT2D eigenvalue weighted by molar-refractivity contribution is 9.09. The monoisotopic (exact) mass is 290 g/mol. The van der Waals surface area contributed by atoms with Gasteiger partial charge in [-0.2, -0.15) is 0 Å². The Hall–Kier alpha value is -1.28. The first-order valence-corrected chi connectivity index (χ1v) is 6.82. The Morgan fingerprint density at radius 3 is 1.94 bits per heavy atom. The van der Waals surface area contributed by atoms with Crippen LogP contribution in [0.1, 0.15) is 11.1 Å². The molecule has 17 heavy (non-hydrogen) atoms. The summed E-state index contributed by atoms with van der Waals surface area (Å²) in [5.41, 5.74) is 3.26. The number of rotatable bonds is 5. The van der Waals surface area contributed by atoms with Crippen LogP contribution in [0, 0.1) is 0 Å². The van der Waals surface area contributed by atoms with Crippen LogP contribution in [0.3, 0.4) is 0 Å². The summed E-state index contributed by atoms with van der Waals surface area (Å²) in [6, 6.07) is 18.8. The number of ether oxygens (including phenoxy) is 1. The molecule has 0 amide bonds. The van der Waals surface area contributed by atoms with Crippen molar-refractivity contribution < 1.29 is 4.74 Å². The number of hydrogen-bond acceptors (Lipinski definition) is 1. The average Bonchev–Trinajstić information content (AvgIpc) is 2.40. The fourth-order valence-electron chi connectivity index (χ4n) is 1.75. The maximum atomic E-state index is 5.34. The van der Waals surface area contributed by atoms with Gasteiger partial charge in [-0.05, 0) is 52.0 Å². The van der Waals surface area contributed by atoms with Crippen molar-refractivity contribution in [2.45, 2.75) is 12.8 Å². The first kappa shape index (κ1) is 12.2. The highest BCUT2D eigenvalue weighted by atomic mass is 79.9. The van der Waals surface area contributed by atoms with Gasteiger partial charge in [-0.3, -0.25) is 0 Å². The van der Waals surface area contributed by atoms with Gasteiger partial charge in [0.05, 0.1) is 0 Å². The second kappa shape index (κ2) is 6.45. The molecule has 0 fully saturated rings. The zero-order chi connectivity index (χ0) is 11.9. The van der Waals surface area contributed by atoms with Crippen LogP contribution < -0.4 is 4.74 Å². The molecule has 0 aliphatic rings. The van der Waals surface area contributed by atoms with Gasteiger partial charge in [0, 0.05) is 0 Å². The molecule has 1 nitrogen and oxygen atoms in total. The van der Waals surface area contributed by atoms with Gasteiger partial charge in [0.15, 0.2) is 0 Å². The largest absolute Gasteiger partial charge is 0.482 e. The number of alkyl halides is 1. The molecular formula is C15H15BrO. The van der Waals surface area contributed by atoms with E-state index in [2.05, 4.69) is 58.4 Å². The number of benzene rings is 2. The van der Waals surface area contributed by atoms with Gasteiger partial charge in [-0.25, -0.2) is 0 Å². The molecule has 0 radical (unpaired) electrons. The molecule has 0 aliphatic carbocycles. The minimum absolute atomic E-state index is 0.538. The van der Waals surface area contributed by atoms with Crippen LogP contribution in [0.5, 0.6) is 5.75 Å². The minimum atomic E-state index is 0.538. The first-order valence-electron chi connectivity index (χ1n) is 5.70. The summed E-state index contributed by atoms with van der Waals surface area (Å²) < 4.78 is 5.34. The molecule has 2 aromatic rings. The van der Waals surface area contributed by atoms with Gasteiger partial charge >= 0.3 is 0 Å². The lowest BCUT2D eigenvalue weighted by molar-refractivity contribution is 0.398. The Morgan fingerprint density at radius 1 is 0.765 bits per heavy atom. The van der Waals surface area contributed by atoms with E-state index in [1.807, 2.05) is 12.1 Å². The van der Waals surface area contributed by atoms with E-state index in [-0.39, 0.29) is 0 Å². The van der Waals surface area contributed by atoms with Gasteiger partial charge in [0.1, 0.15) is 11.3 Å². The van der Waals surface area contributed by atoms with Crippen LogP contribution in [0.4, 0.5) is 0 Å². The molecule has 0 saturated carbocycles. The third-order valence-electron chi connectivity index (χ3n) is 2.69. The third-order valence-corrected chi connectivity index (χ3v) is 2.92. The van der Waals surface area contributed by atoms with E-state index in [0.717, 1.165) is 18.6 Å². The Labute approximate surface area is 111 Å². The Balaban J connectivity index is 1.91. The summed E-state index contributed by atoms with van der Waals surface area (Å²) in [6.07, 6.45) is 2.15. The van der Waals surface area contributed by atoms with Gasteiger partial charge in [0.2, 0.25) is 0 Å². The lowest BCUT2D eigenvalue weighted by Crippen LogP contribution is -1.92. The van der Waals surface area contributed by atoms with Crippen molar-refractivity contribution in [2.24, 2.45) is 0 Å². The summed E-state index contributed by atoms with van der Waals surface area (Å²) >= 11 is 3.24. The molecule has 2 aromatic carbocycles. The summed E-state index contributed by atoms with van der Waals surface area (Å²) in [5, 5.41) is 0. The zero-order valence-corrected chi connectivity index (χ0v) is 11.2. The zero-order valence-electron chi connectivity index (χ0n) is 9.60. The number of halogens is 1. The molecule has 0 bridgehead atoms. The van der Waals surface area contributed by atoms with Crippen molar-refractivity contribution in [3.63, 3.8) is 0 Å². The molecule has 0 spiro atoms. The van der Waals surface area contributed by atoms with Crippen molar-refractivity contribution in [1.82, 2.24) is 0 Å². The fraction of sp³-hybridized carbons (Fsp3) is 0.200. The van der Waals surface area contributed by atoms with Crippen LogP contribution in [0.15, 0.2) is 54.6 Å². The van der Waals surface area contributed by atoms with E-state index in [9.17, 15) is 0 Å². The predicted octanol–water partition coefficient (Wildman–Crippen LogP) is 4.20. The highest BCUT2D eigenvalue weighted by Gasteiger charge is 1.96. The number of hydrogen-bond donors (Lipinski definition) is 0. The van der Waals surface area contributed by atoms with Crippen molar-refractivity contribution in [2.75, 3.05) is 5.52 Å². The second-order valence-corrected chi connectivity index (χ2v) is 4.34. The normalized spacial score (nSPS) is 10.2. The Bertz CT molecular complexity index is 436. The molecule has 2 rings (SSSR count). The highest BCUT2D eigenvalue weighted by Crippen LogP contribution is 2.14. The SMILES string of the molecule is BrCOc1ccc(CCc2ccccc2)cc1. The van der Waals surface area contributed by atoms with Crippen LogP contribution in [-0.4, -0.2) is 5.52 Å². The van der Waals surface area contributed by atoms with Crippen molar-refractivity contribution >= 4 is 15.9 Å². The second-order valence-electron chi connectivity index (χ2n) is 3.88. The third kappa shape index (κ3) is 3.90. The number of aryl methyl sites for hydroxylation is 2. The molecule has 0 unspecified atom stereocenters. The molecule has 0 atom stereocenters. The lowest BCUT2D eigenvalue weighted by Gasteiger charge is -2.04. The molecule has 0 aliphatic heterocycles. The van der Waals surface area contributed by atoms with Crippen molar-refractivity contribution in [3.8, 4) is 5.75 Å². The Kier molecular flexibility index (Phi) is 4.63. The lowest BCUT2D eigenvalue weighted by atomic mass is 10.0. The average molecular weight is 291 g/mol. The van der Waals surface area contributed by atoms with Crippen LogP contribution >= 0.6 is 15.9 Å². The molecule has 0 N–H and O–H groups in total. The standard InChI is InChI=1S/C15H15BrO/c16-12-17-15-10-8-14(9-11-15)7-6-13-4-2-1-3-5-13/h1-5,8-11H,6-7,12H2. The Morgan fingerprint density at radius 2 is 1.35 bits per heavy atom. The predicted molar refractivity (Wildman–Crippen MR) is 74.7 cm³/mol. The quantitative estimate of drug-likeness (QED) is 0.750. The molecule has 0 aromatic heterocycles. The molecule has 0 saturated heterocycles. The van der Waals surface area contributed by atoms with Crippen LogP contribution in [-0.2, 0) is 12.8 Å². The topological polar surface area (TPSA) is 9.23 Å². The molecule has 2 heteroatoms.